The number of aliphatic hydroxyl groups excluding tert-OH is 1. The van der Waals surface area contributed by atoms with Crippen LogP contribution in [0.5, 0.6) is 0 Å². The van der Waals surface area contributed by atoms with Gasteiger partial charge in [0.2, 0.25) is 5.91 Å². The van der Waals surface area contributed by atoms with Crippen molar-refractivity contribution >= 4 is 5.91 Å². The third-order valence-corrected chi connectivity index (χ3v) is 1.86. The molecule has 0 saturated heterocycles. The predicted molar refractivity (Wildman–Crippen MR) is 52.5 cm³/mol. The van der Waals surface area contributed by atoms with E-state index in [-0.39, 0.29) is 18.6 Å². The van der Waals surface area contributed by atoms with Gasteiger partial charge in [-0.25, -0.2) is 0 Å². The van der Waals surface area contributed by atoms with Crippen LogP contribution < -0.4 is 10.6 Å². The van der Waals surface area contributed by atoms with Crippen LogP contribution in [0.1, 0.15) is 26.7 Å². The molecule has 78 valence electrons. The average molecular weight is 188 g/mol. The molecular formula is C9H20N2O2. The predicted octanol–water partition coefficient (Wildman–Crippen LogP) is -0.127. The van der Waals surface area contributed by atoms with E-state index in [9.17, 15) is 4.79 Å². The standard InChI is InChI=1S/C9H20N2O2/c1-3-8(7-12)11-9(13)5-6-10-4-2/h8,10,12H,3-7H2,1-2H3,(H,11,13). The molecule has 1 amide bonds. The van der Waals surface area contributed by atoms with Crippen LogP contribution in [0.2, 0.25) is 0 Å². The molecule has 4 heteroatoms. The van der Waals surface area contributed by atoms with Crippen molar-refractivity contribution in [2.45, 2.75) is 32.7 Å². The molecule has 0 fully saturated rings. The van der Waals surface area contributed by atoms with Crippen molar-refractivity contribution in [1.82, 2.24) is 10.6 Å². The molecule has 1 atom stereocenters. The number of aliphatic hydroxyl groups is 1. The zero-order chi connectivity index (χ0) is 10.1. The molecular weight excluding hydrogens is 168 g/mol. The lowest BCUT2D eigenvalue weighted by Gasteiger charge is -2.13. The minimum absolute atomic E-state index is 0.00171. The van der Waals surface area contributed by atoms with Crippen molar-refractivity contribution in [3.63, 3.8) is 0 Å². The number of nitrogens with one attached hydrogen (secondary N) is 2. The van der Waals surface area contributed by atoms with E-state index in [2.05, 4.69) is 10.6 Å². The summed E-state index contributed by atoms with van der Waals surface area (Å²) in [6, 6.07) is -0.0888. The van der Waals surface area contributed by atoms with Gasteiger partial charge in [0.05, 0.1) is 12.6 Å². The van der Waals surface area contributed by atoms with Crippen LogP contribution in [0.15, 0.2) is 0 Å². The average Bonchev–Trinajstić information content (AvgIpc) is 2.14. The molecule has 0 bridgehead atoms. The number of hydrogen-bond acceptors (Lipinski definition) is 3. The summed E-state index contributed by atoms with van der Waals surface area (Å²) in [6.45, 7) is 5.53. The second kappa shape index (κ2) is 8.01. The van der Waals surface area contributed by atoms with Gasteiger partial charge in [-0.15, -0.1) is 0 Å². The van der Waals surface area contributed by atoms with Crippen LogP contribution >= 0.6 is 0 Å². The maximum atomic E-state index is 11.2. The molecule has 1 unspecified atom stereocenters. The second-order valence-corrected chi connectivity index (χ2v) is 2.96. The zero-order valence-corrected chi connectivity index (χ0v) is 8.47. The topological polar surface area (TPSA) is 61.4 Å². The van der Waals surface area contributed by atoms with Crippen molar-refractivity contribution in [3.05, 3.63) is 0 Å². The van der Waals surface area contributed by atoms with Gasteiger partial charge in [0.1, 0.15) is 0 Å². The molecule has 0 heterocycles. The van der Waals surface area contributed by atoms with E-state index in [1.165, 1.54) is 0 Å². The van der Waals surface area contributed by atoms with Gasteiger partial charge in [-0.05, 0) is 13.0 Å². The quantitative estimate of drug-likeness (QED) is 0.488. The van der Waals surface area contributed by atoms with E-state index in [4.69, 9.17) is 5.11 Å². The number of amides is 1. The molecule has 0 spiro atoms. The van der Waals surface area contributed by atoms with E-state index in [1.807, 2.05) is 13.8 Å². The molecule has 4 nitrogen and oxygen atoms in total. The fourth-order valence-corrected chi connectivity index (χ4v) is 0.955. The Hall–Kier alpha value is -0.610. The fourth-order valence-electron chi connectivity index (χ4n) is 0.955. The van der Waals surface area contributed by atoms with Gasteiger partial charge in [0.25, 0.3) is 0 Å². The highest BCUT2D eigenvalue weighted by molar-refractivity contribution is 5.76. The smallest absolute Gasteiger partial charge is 0.221 e. The Morgan fingerprint density at radius 1 is 1.46 bits per heavy atom. The molecule has 0 aliphatic heterocycles. The number of carbonyl (C=O) groups is 1. The summed E-state index contributed by atoms with van der Waals surface area (Å²) in [5, 5.41) is 14.6. The van der Waals surface area contributed by atoms with E-state index in [0.29, 0.717) is 13.0 Å². The van der Waals surface area contributed by atoms with Crippen molar-refractivity contribution in [3.8, 4) is 0 Å². The monoisotopic (exact) mass is 188 g/mol. The van der Waals surface area contributed by atoms with Gasteiger partial charge >= 0.3 is 0 Å². The van der Waals surface area contributed by atoms with E-state index in [1.54, 1.807) is 0 Å². The lowest BCUT2D eigenvalue weighted by Crippen LogP contribution is -2.38. The van der Waals surface area contributed by atoms with Gasteiger partial charge < -0.3 is 15.7 Å². The van der Waals surface area contributed by atoms with Crippen molar-refractivity contribution < 1.29 is 9.90 Å². The fraction of sp³-hybridized carbons (Fsp3) is 0.889. The molecule has 0 rings (SSSR count). The Balaban J connectivity index is 3.48. The minimum atomic E-state index is -0.0888. The first-order valence-electron chi connectivity index (χ1n) is 4.85. The van der Waals surface area contributed by atoms with Crippen molar-refractivity contribution in [1.29, 1.82) is 0 Å². The Labute approximate surface area is 79.7 Å². The van der Waals surface area contributed by atoms with Crippen LogP contribution in [0.4, 0.5) is 0 Å². The molecule has 0 aliphatic carbocycles. The maximum Gasteiger partial charge on any atom is 0.221 e. The van der Waals surface area contributed by atoms with Gasteiger partial charge in [-0.1, -0.05) is 13.8 Å². The number of hydrogen-bond donors (Lipinski definition) is 3. The largest absolute Gasteiger partial charge is 0.394 e. The lowest BCUT2D eigenvalue weighted by atomic mass is 10.2. The van der Waals surface area contributed by atoms with E-state index < -0.39 is 0 Å². The first-order valence-corrected chi connectivity index (χ1v) is 4.85. The van der Waals surface area contributed by atoms with Gasteiger partial charge in [0, 0.05) is 13.0 Å². The third kappa shape index (κ3) is 6.54. The molecule has 0 saturated carbocycles. The van der Waals surface area contributed by atoms with Gasteiger partial charge in [0.15, 0.2) is 0 Å². The highest BCUT2D eigenvalue weighted by atomic mass is 16.3. The Kier molecular flexibility index (Phi) is 7.63. The summed E-state index contributed by atoms with van der Waals surface area (Å²) in [6.07, 6.45) is 1.24. The molecule has 13 heavy (non-hydrogen) atoms. The summed E-state index contributed by atoms with van der Waals surface area (Å²) >= 11 is 0. The SMILES string of the molecule is CCNCCC(=O)NC(CC)CO. The number of rotatable bonds is 7. The van der Waals surface area contributed by atoms with Crippen LogP contribution in [0.3, 0.4) is 0 Å². The van der Waals surface area contributed by atoms with Gasteiger partial charge in [-0.3, -0.25) is 4.79 Å². The molecule has 0 radical (unpaired) electrons. The Bertz CT molecular complexity index is 136. The molecule has 0 aromatic heterocycles. The highest BCUT2D eigenvalue weighted by Crippen LogP contribution is 1.89. The lowest BCUT2D eigenvalue weighted by molar-refractivity contribution is -0.122. The van der Waals surface area contributed by atoms with Crippen molar-refractivity contribution in [2.75, 3.05) is 19.7 Å². The third-order valence-electron chi connectivity index (χ3n) is 1.86. The van der Waals surface area contributed by atoms with Crippen LogP contribution in [-0.2, 0) is 4.79 Å². The first-order chi connectivity index (χ1) is 6.24. The molecule has 3 N–H and O–H groups in total. The second-order valence-electron chi connectivity index (χ2n) is 2.96. The van der Waals surface area contributed by atoms with E-state index in [0.717, 1.165) is 13.0 Å². The summed E-state index contributed by atoms with van der Waals surface area (Å²) in [5.74, 6) is 0.00171. The molecule has 0 aliphatic rings. The van der Waals surface area contributed by atoms with E-state index >= 15 is 0 Å². The Morgan fingerprint density at radius 3 is 2.62 bits per heavy atom. The minimum Gasteiger partial charge on any atom is -0.394 e. The van der Waals surface area contributed by atoms with Crippen LogP contribution in [-0.4, -0.2) is 36.8 Å². The molecule has 0 aromatic carbocycles. The highest BCUT2D eigenvalue weighted by Gasteiger charge is 2.07. The normalized spacial score (nSPS) is 12.5. The summed E-state index contributed by atoms with van der Waals surface area (Å²) in [4.78, 5) is 11.2. The zero-order valence-electron chi connectivity index (χ0n) is 8.47. The number of carbonyl (C=O) groups excluding carboxylic acids is 1. The summed E-state index contributed by atoms with van der Waals surface area (Å²) < 4.78 is 0. The molecule has 0 aromatic rings. The Morgan fingerprint density at radius 2 is 2.15 bits per heavy atom. The maximum absolute atomic E-state index is 11.2. The van der Waals surface area contributed by atoms with Gasteiger partial charge in [-0.2, -0.15) is 0 Å². The summed E-state index contributed by atoms with van der Waals surface area (Å²) in [7, 11) is 0. The van der Waals surface area contributed by atoms with Crippen LogP contribution in [0.25, 0.3) is 0 Å². The summed E-state index contributed by atoms with van der Waals surface area (Å²) in [5.41, 5.74) is 0. The van der Waals surface area contributed by atoms with Crippen LogP contribution in [0, 0.1) is 0 Å². The first kappa shape index (κ1) is 12.4. The van der Waals surface area contributed by atoms with Crippen molar-refractivity contribution in [2.24, 2.45) is 0 Å².